The lowest BCUT2D eigenvalue weighted by molar-refractivity contribution is 0.638. The number of pyridine rings is 1. The van der Waals surface area contributed by atoms with E-state index in [2.05, 4.69) is 57.7 Å². The van der Waals surface area contributed by atoms with Gasteiger partial charge in [0.15, 0.2) is 8.24 Å². The first-order valence-electron chi connectivity index (χ1n) is 7.87. The van der Waals surface area contributed by atoms with Gasteiger partial charge in [0.1, 0.15) is 11.5 Å². The molecule has 0 aliphatic rings. The summed E-state index contributed by atoms with van der Waals surface area (Å²) in [6.07, 6.45) is 1.59. The van der Waals surface area contributed by atoms with Crippen LogP contribution in [0.25, 0.3) is 11.0 Å². The van der Waals surface area contributed by atoms with E-state index in [1.165, 1.54) is 6.07 Å². The average Bonchev–Trinajstić information content (AvgIpc) is 2.68. The molecule has 116 valence electrons. The monoisotopic (exact) mass is 306 g/mol. The third-order valence-corrected chi connectivity index (χ3v) is 11.9. The Morgan fingerprint density at radius 1 is 1.05 bits per heavy atom. The zero-order valence-corrected chi connectivity index (χ0v) is 15.2. The molecule has 0 spiro atoms. The quantitative estimate of drug-likeness (QED) is 0.681. The van der Waals surface area contributed by atoms with Crippen molar-refractivity contribution in [3.63, 3.8) is 0 Å². The van der Waals surface area contributed by atoms with Gasteiger partial charge in [-0.25, -0.2) is 9.37 Å². The molecule has 2 nitrogen and oxygen atoms in total. The molecule has 0 saturated heterocycles. The van der Waals surface area contributed by atoms with Crippen molar-refractivity contribution in [1.82, 2.24) is 9.22 Å². The predicted molar refractivity (Wildman–Crippen MR) is 90.9 cm³/mol. The maximum absolute atomic E-state index is 14.1. The van der Waals surface area contributed by atoms with Crippen LogP contribution in [0.15, 0.2) is 18.3 Å². The third kappa shape index (κ3) is 2.24. The Morgan fingerprint density at radius 2 is 1.57 bits per heavy atom. The zero-order chi connectivity index (χ0) is 15.9. The molecule has 0 atom stereocenters. The second-order valence-electron chi connectivity index (χ2n) is 7.00. The van der Waals surface area contributed by atoms with Crippen molar-refractivity contribution in [3.05, 3.63) is 29.8 Å². The van der Waals surface area contributed by atoms with Gasteiger partial charge in [-0.05, 0) is 35.7 Å². The number of hydrogen-bond donors (Lipinski definition) is 0. The molecule has 0 unspecified atom stereocenters. The van der Waals surface area contributed by atoms with Crippen LogP contribution in [0.3, 0.4) is 0 Å². The van der Waals surface area contributed by atoms with Gasteiger partial charge in [-0.3, -0.25) is 0 Å². The first-order valence-corrected chi connectivity index (χ1v) is 10.1. The minimum Gasteiger partial charge on any atom is -0.356 e. The summed E-state index contributed by atoms with van der Waals surface area (Å²) in [6.45, 7) is 16.0. The molecule has 0 aliphatic heterocycles. The summed E-state index contributed by atoms with van der Waals surface area (Å²) in [7, 11) is -1.90. The van der Waals surface area contributed by atoms with E-state index >= 15 is 0 Å². The topological polar surface area (TPSA) is 17.8 Å². The van der Waals surface area contributed by atoms with E-state index in [0.29, 0.717) is 22.0 Å². The van der Waals surface area contributed by atoms with Crippen LogP contribution < -0.4 is 0 Å². The fourth-order valence-corrected chi connectivity index (χ4v) is 11.2. The summed E-state index contributed by atoms with van der Waals surface area (Å²) in [5.41, 5.74) is 3.67. The SMILES string of the molecule is Cc1cc2c(F)ccnc2n1[Si](C(C)C)(C(C)C)C(C)C. The van der Waals surface area contributed by atoms with E-state index in [1.54, 1.807) is 6.20 Å². The van der Waals surface area contributed by atoms with Crippen LogP contribution in [0.4, 0.5) is 4.39 Å². The molecular weight excluding hydrogens is 279 g/mol. The van der Waals surface area contributed by atoms with Crippen LogP contribution in [0.2, 0.25) is 16.6 Å². The number of nitrogens with zero attached hydrogens (tertiary/aromatic N) is 2. The molecule has 0 saturated carbocycles. The highest BCUT2D eigenvalue weighted by atomic mass is 28.3. The Bertz CT molecular complexity index is 622. The summed E-state index contributed by atoms with van der Waals surface area (Å²) >= 11 is 0. The highest BCUT2D eigenvalue weighted by Gasteiger charge is 2.46. The highest BCUT2D eigenvalue weighted by Crippen LogP contribution is 2.45. The Labute approximate surface area is 128 Å². The van der Waals surface area contributed by atoms with Crippen molar-refractivity contribution in [3.8, 4) is 0 Å². The average molecular weight is 307 g/mol. The van der Waals surface area contributed by atoms with E-state index in [4.69, 9.17) is 0 Å². The van der Waals surface area contributed by atoms with Gasteiger partial charge >= 0.3 is 0 Å². The Morgan fingerprint density at radius 3 is 2.05 bits per heavy atom. The normalized spacial score (nSPS) is 13.1. The molecule has 2 heterocycles. The standard InChI is InChI=1S/C17H27FN2Si/c1-11(2)21(12(3)4,13(5)6)20-14(7)10-15-16(18)8-9-19-17(15)20/h8-13H,1-7H3. The Hall–Kier alpha value is -1.16. The number of halogens is 1. The molecular formula is C17H27FN2Si. The fourth-order valence-electron chi connectivity index (χ4n) is 4.46. The van der Waals surface area contributed by atoms with Gasteiger partial charge in [-0.15, -0.1) is 0 Å². The molecule has 4 heteroatoms. The van der Waals surface area contributed by atoms with Gasteiger partial charge in [0.2, 0.25) is 0 Å². The van der Waals surface area contributed by atoms with Gasteiger partial charge in [-0.2, -0.15) is 0 Å². The molecule has 0 fully saturated rings. The summed E-state index contributed by atoms with van der Waals surface area (Å²) in [4.78, 5) is 4.53. The minimum absolute atomic E-state index is 0.166. The lowest BCUT2D eigenvalue weighted by Crippen LogP contribution is -2.52. The van der Waals surface area contributed by atoms with Gasteiger partial charge in [0.05, 0.1) is 5.39 Å². The largest absolute Gasteiger partial charge is 0.356 e. The van der Waals surface area contributed by atoms with Crippen molar-refractivity contribution in [2.24, 2.45) is 0 Å². The maximum atomic E-state index is 14.1. The third-order valence-electron chi connectivity index (χ3n) is 5.00. The van der Waals surface area contributed by atoms with Crippen molar-refractivity contribution in [2.75, 3.05) is 0 Å². The fraction of sp³-hybridized carbons (Fsp3) is 0.588. The summed E-state index contributed by atoms with van der Waals surface area (Å²) in [5, 5.41) is 0.661. The van der Waals surface area contributed by atoms with Gasteiger partial charge in [0, 0.05) is 11.9 Å². The first kappa shape index (κ1) is 16.2. The van der Waals surface area contributed by atoms with Crippen molar-refractivity contribution in [2.45, 2.75) is 65.1 Å². The number of aryl methyl sites for hydroxylation is 1. The maximum Gasteiger partial charge on any atom is 0.171 e. The highest BCUT2D eigenvalue weighted by molar-refractivity contribution is 6.82. The molecule has 0 N–H and O–H groups in total. The summed E-state index contributed by atoms with van der Waals surface area (Å²) < 4.78 is 16.6. The van der Waals surface area contributed by atoms with Crippen molar-refractivity contribution >= 4 is 19.3 Å². The molecule has 2 aromatic heterocycles. The second kappa shape index (κ2) is 5.56. The Kier molecular flexibility index (Phi) is 4.29. The molecule has 0 aromatic carbocycles. The van der Waals surface area contributed by atoms with Crippen LogP contribution in [0.1, 0.15) is 47.2 Å². The van der Waals surface area contributed by atoms with Gasteiger partial charge < -0.3 is 4.23 Å². The van der Waals surface area contributed by atoms with Crippen LogP contribution >= 0.6 is 0 Å². The predicted octanol–water partition coefficient (Wildman–Crippen LogP) is 5.51. The molecule has 2 aromatic rings. The summed E-state index contributed by atoms with van der Waals surface area (Å²) in [5.74, 6) is -0.166. The summed E-state index contributed by atoms with van der Waals surface area (Å²) in [6, 6.07) is 3.42. The van der Waals surface area contributed by atoms with Crippen LogP contribution in [0, 0.1) is 12.7 Å². The molecule has 0 aliphatic carbocycles. The van der Waals surface area contributed by atoms with Crippen molar-refractivity contribution < 1.29 is 4.39 Å². The van der Waals surface area contributed by atoms with E-state index < -0.39 is 8.24 Å². The van der Waals surface area contributed by atoms with Crippen LogP contribution in [0.5, 0.6) is 0 Å². The van der Waals surface area contributed by atoms with E-state index in [1.807, 2.05) is 6.07 Å². The lowest BCUT2D eigenvalue weighted by atomic mass is 10.3. The first-order chi connectivity index (χ1) is 9.74. The zero-order valence-electron chi connectivity index (χ0n) is 14.2. The van der Waals surface area contributed by atoms with E-state index in [-0.39, 0.29) is 5.82 Å². The Balaban J connectivity index is 2.90. The molecule has 0 bridgehead atoms. The molecule has 0 radical (unpaired) electrons. The number of rotatable bonds is 4. The number of hydrogen-bond acceptors (Lipinski definition) is 1. The van der Waals surface area contributed by atoms with Crippen LogP contribution in [-0.4, -0.2) is 17.5 Å². The minimum atomic E-state index is -1.90. The van der Waals surface area contributed by atoms with Gasteiger partial charge in [0.25, 0.3) is 0 Å². The molecule has 0 amide bonds. The second-order valence-corrected chi connectivity index (χ2v) is 12.7. The van der Waals surface area contributed by atoms with Crippen molar-refractivity contribution in [1.29, 1.82) is 0 Å². The van der Waals surface area contributed by atoms with Gasteiger partial charge in [-0.1, -0.05) is 41.5 Å². The van der Waals surface area contributed by atoms with Crippen LogP contribution in [-0.2, 0) is 0 Å². The van der Waals surface area contributed by atoms with E-state index in [9.17, 15) is 4.39 Å². The molecule has 2 rings (SSSR count). The number of aromatic nitrogens is 2. The number of fused-ring (bicyclic) bond motifs is 1. The van der Waals surface area contributed by atoms with E-state index in [0.717, 1.165) is 11.3 Å². The lowest BCUT2D eigenvalue weighted by Gasteiger charge is -2.45. The molecule has 21 heavy (non-hydrogen) atoms. The smallest absolute Gasteiger partial charge is 0.171 e.